The van der Waals surface area contributed by atoms with Gasteiger partial charge in [0, 0.05) is 13.1 Å². The molecule has 1 amide bonds. The molecule has 2 N–H and O–H groups in total. The highest BCUT2D eigenvalue weighted by Crippen LogP contribution is 2.35. The Balaban J connectivity index is 1.52. The number of aliphatic hydroxyl groups excluding tert-OH is 1. The molecule has 1 unspecified atom stereocenters. The van der Waals surface area contributed by atoms with E-state index in [1.165, 1.54) is 0 Å². The number of aromatic nitrogens is 1. The maximum atomic E-state index is 13.7. The van der Waals surface area contributed by atoms with Gasteiger partial charge >= 0.3 is 6.18 Å². The summed E-state index contributed by atoms with van der Waals surface area (Å²) in [5, 5.41) is 21.0. The lowest BCUT2D eigenvalue weighted by atomic mass is 10.0. The Morgan fingerprint density at radius 2 is 1.78 bits per heavy atom. The zero-order valence-corrected chi connectivity index (χ0v) is 19.4. The molecular formula is C27H25F3N4O2. The van der Waals surface area contributed by atoms with Gasteiger partial charge < -0.3 is 15.3 Å². The van der Waals surface area contributed by atoms with Gasteiger partial charge in [0.1, 0.15) is 17.6 Å². The zero-order valence-electron chi connectivity index (χ0n) is 19.4. The number of anilines is 1. The van der Waals surface area contributed by atoms with Crippen LogP contribution in [0, 0.1) is 11.3 Å². The fourth-order valence-corrected chi connectivity index (χ4v) is 4.28. The number of amides is 1. The van der Waals surface area contributed by atoms with Gasteiger partial charge in [0.2, 0.25) is 5.91 Å². The van der Waals surface area contributed by atoms with E-state index < -0.39 is 17.9 Å². The number of pyridine rings is 1. The largest absolute Gasteiger partial charge is 0.433 e. The van der Waals surface area contributed by atoms with Crippen LogP contribution in [0.4, 0.5) is 19.0 Å². The molecule has 0 bridgehead atoms. The molecule has 1 aliphatic heterocycles. The van der Waals surface area contributed by atoms with E-state index in [0.29, 0.717) is 54.6 Å². The minimum absolute atomic E-state index is 0.107. The molecule has 0 saturated carbocycles. The number of carbonyl (C=O) groups excluding carboxylic acids is 1. The summed E-state index contributed by atoms with van der Waals surface area (Å²) in [5.41, 5.74) is 2.05. The first-order valence-corrected chi connectivity index (χ1v) is 11.6. The Labute approximate surface area is 207 Å². The van der Waals surface area contributed by atoms with Crippen molar-refractivity contribution in [1.82, 2.24) is 10.3 Å². The number of rotatable bonds is 7. The molecule has 3 aromatic rings. The maximum Gasteiger partial charge on any atom is 0.433 e. The second-order valence-electron chi connectivity index (χ2n) is 8.65. The van der Waals surface area contributed by atoms with E-state index in [0.717, 1.165) is 11.6 Å². The van der Waals surface area contributed by atoms with Gasteiger partial charge in [-0.25, -0.2) is 4.98 Å². The summed E-state index contributed by atoms with van der Waals surface area (Å²) in [6.07, 6.45) is -2.90. The number of nitrogens with zero attached hydrogens (tertiary/aromatic N) is 3. The highest BCUT2D eigenvalue weighted by molar-refractivity contribution is 5.86. The van der Waals surface area contributed by atoms with Crippen LogP contribution in [-0.2, 0) is 24.0 Å². The third kappa shape index (κ3) is 5.83. The summed E-state index contributed by atoms with van der Waals surface area (Å²) in [5.74, 6) is -0.148. The van der Waals surface area contributed by atoms with Gasteiger partial charge in [0.25, 0.3) is 0 Å². The lowest BCUT2D eigenvalue weighted by Gasteiger charge is -2.26. The standard InChI is InChI=1S/C27H25F3N4O2/c28-27(29,30)24-14-22(21-9-7-20(17-35)8-10-21)15-25(33-24)34-13-1-2-23(34)26(36)32-12-11-18-3-5-19(16-31)6-4-18/h3-10,14-15,23,35H,1-2,11-13,17H2,(H,32,36). The van der Waals surface area contributed by atoms with Gasteiger partial charge in [-0.2, -0.15) is 18.4 Å². The maximum absolute atomic E-state index is 13.7. The van der Waals surface area contributed by atoms with Crippen LogP contribution in [0.3, 0.4) is 0 Å². The monoisotopic (exact) mass is 494 g/mol. The average Bonchev–Trinajstić information content (AvgIpc) is 3.39. The number of halogens is 3. The molecule has 1 fully saturated rings. The number of alkyl halides is 3. The van der Waals surface area contributed by atoms with E-state index >= 15 is 0 Å². The Morgan fingerprint density at radius 3 is 2.42 bits per heavy atom. The fourth-order valence-electron chi connectivity index (χ4n) is 4.28. The third-order valence-electron chi connectivity index (χ3n) is 6.22. The highest BCUT2D eigenvalue weighted by atomic mass is 19.4. The van der Waals surface area contributed by atoms with Gasteiger partial charge in [-0.3, -0.25) is 4.79 Å². The van der Waals surface area contributed by atoms with Crippen LogP contribution in [0.25, 0.3) is 11.1 Å². The van der Waals surface area contributed by atoms with Crippen LogP contribution in [0.1, 0.15) is 35.2 Å². The normalized spacial score (nSPS) is 15.5. The Hall–Kier alpha value is -3.90. The molecule has 0 radical (unpaired) electrons. The molecule has 6 nitrogen and oxygen atoms in total. The predicted molar refractivity (Wildman–Crippen MR) is 129 cm³/mol. The molecule has 1 aliphatic rings. The SMILES string of the molecule is N#Cc1ccc(CCNC(=O)C2CCCN2c2cc(-c3ccc(CO)cc3)cc(C(F)(F)F)n2)cc1. The lowest BCUT2D eigenvalue weighted by molar-refractivity contribution is -0.141. The first-order valence-electron chi connectivity index (χ1n) is 11.6. The van der Waals surface area contributed by atoms with Gasteiger partial charge in [0.15, 0.2) is 0 Å². The molecular weight excluding hydrogens is 469 g/mol. The van der Waals surface area contributed by atoms with Crippen molar-refractivity contribution in [3.8, 4) is 17.2 Å². The van der Waals surface area contributed by atoms with Crippen molar-refractivity contribution in [2.75, 3.05) is 18.0 Å². The lowest BCUT2D eigenvalue weighted by Crippen LogP contribution is -2.44. The summed E-state index contributed by atoms with van der Waals surface area (Å²) in [6, 6.07) is 17.7. The Kier molecular flexibility index (Phi) is 7.55. The first kappa shape index (κ1) is 25.2. The van der Waals surface area contributed by atoms with Gasteiger partial charge in [-0.15, -0.1) is 0 Å². The number of carbonyl (C=O) groups is 1. The van der Waals surface area contributed by atoms with Crippen molar-refractivity contribution < 1.29 is 23.1 Å². The van der Waals surface area contributed by atoms with Crippen molar-refractivity contribution in [1.29, 1.82) is 5.26 Å². The molecule has 1 saturated heterocycles. The van der Waals surface area contributed by atoms with Crippen LogP contribution < -0.4 is 10.2 Å². The summed E-state index contributed by atoms with van der Waals surface area (Å²) < 4.78 is 41.1. The van der Waals surface area contributed by atoms with Crippen molar-refractivity contribution in [2.24, 2.45) is 0 Å². The van der Waals surface area contributed by atoms with Crippen molar-refractivity contribution in [3.05, 3.63) is 83.0 Å². The van der Waals surface area contributed by atoms with Crippen LogP contribution in [-0.4, -0.2) is 35.1 Å². The molecule has 4 rings (SSSR count). The third-order valence-corrected chi connectivity index (χ3v) is 6.22. The number of nitriles is 1. The number of nitrogens with one attached hydrogen (secondary N) is 1. The molecule has 9 heteroatoms. The number of aliphatic hydroxyl groups is 1. The first-order chi connectivity index (χ1) is 17.3. The molecule has 186 valence electrons. The summed E-state index contributed by atoms with van der Waals surface area (Å²) in [6.45, 7) is 0.629. The van der Waals surface area contributed by atoms with Crippen molar-refractivity contribution >= 4 is 11.7 Å². The molecule has 36 heavy (non-hydrogen) atoms. The molecule has 1 atom stereocenters. The fraction of sp³-hybridized carbons (Fsp3) is 0.296. The quantitative estimate of drug-likeness (QED) is 0.506. The molecule has 1 aromatic heterocycles. The number of benzene rings is 2. The Bertz CT molecular complexity index is 1250. The van der Waals surface area contributed by atoms with Crippen LogP contribution >= 0.6 is 0 Å². The van der Waals surface area contributed by atoms with E-state index in [2.05, 4.69) is 16.4 Å². The second kappa shape index (κ2) is 10.8. The Morgan fingerprint density at radius 1 is 1.08 bits per heavy atom. The molecule has 2 aromatic carbocycles. The minimum Gasteiger partial charge on any atom is -0.392 e. The average molecular weight is 495 g/mol. The van der Waals surface area contributed by atoms with Crippen molar-refractivity contribution in [2.45, 2.75) is 38.1 Å². The van der Waals surface area contributed by atoms with Crippen LogP contribution in [0.15, 0.2) is 60.7 Å². The topological polar surface area (TPSA) is 89.2 Å². The molecule has 0 aliphatic carbocycles. The van der Waals surface area contributed by atoms with Gasteiger partial charge in [-0.1, -0.05) is 36.4 Å². The van der Waals surface area contributed by atoms with Crippen molar-refractivity contribution in [3.63, 3.8) is 0 Å². The summed E-state index contributed by atoms with van der Waals surface area (Å²) in [7, 11) is 0. The van der Waals surface area contributed by atoms with E-state index in [9.17, 15) is 23.1 Å². The molecule has 0 spiro atoms. The van der Waals surface area contributed by atoms with Gasteiger partial charge in [0.05, 0.1) is 18.2 Å². The minimum atomic E-state index is -4.64. The highest BCUT2D eigenvalue weighted by Gasteiger charge is 2.36. The second-order valence-corrected chi connectivity index (χ2v) is 8.65. The summed E-state index contributed by atoms with van der Waals surface area (Å²) >= 11 is 0. The van der Waals surface area contributed by atoms with E-state index in [4.69, 9.17) is 5.26 Å². The summed E-state index contributed by atoms with van der Waals surface area (Å²) in [4.78, 5) is 18.5. The van der Waals surface area contributed by atoms with E-state index in [-0.39, 0.29) is 18.3 Å². The van der Waals surface area contributed by atoms with Gasteiger partial charge in [-0.05, 0) is 65.8 Å². The van der Waals surface area contributed by atoms with E-state index in [1.54, 1.807) is 47.4 Å². The van der Waals surface area contributed by atoms with Crippen LogP contribution in [0.5, 0.6) is 0 Å². The zero-order chi connectivity index (χ0) is 25.7. The van der Waals surface area contributed by atoms with E-state index in [1.807, 2.05) is 12.1 Å². The number of hydrogen-bond donors (Lipinski definition) is 2. The smallest absolute Gasteiger partial charge is 0.392 e. The van der Waals surface area contributed by atoms with Crippen LogP contribution in [0.2, 0.25) is 0 Å². The predicted octanol–water partition coefficient (Wildman–Crippen LogP) is 4.46. The molecule has 2 heterocycles. The number of hydrogen-bond acceptors (Lipinski definition) is 5.